The summed E-state index contributed by atoms with van der Waals surface area (Å²) in [6.07, 6.45) is 15.8. The fraction of sp³-hybridized carbons (Fsp3) is 0.871. The lowest BCUT2D eigenvalue weighted by atomic mass is 9.95. The van der Waals surface area contributed by atoms with Crippen molar-refractivity contribution in [3.63, 3.8) is 0 Å². The molecule has 10 nitrogen and oxygen atoms in total. The van der Waals surface area contributed by atoms with Crippen LogP contribution in [0.1, 0.15) is 136 Å². The van der Waals surface area contributed by atoms with Crippen molar-refractivity contribution in [1.29, 1.82) is 0 Å². The molecule has 0 aromatic carbocycles. The molecule has 0 rings (SSSR count). The van der Waals surface area contributed by atoms with E-state index in [9.17, 15) is 24.3 Å². The Kier molecular flexibility index (Phi) is 23.1. The van der Waals surface area contributed by atoms with Gasteiger partial charge < -0.3 is 31.3 Å². The summed E-state index contributed by atoms with van der Waals surface area (Å²) in [6, 6.07) is -1.08. The molecule has 0 aliphatic carbocycles. The molecule has 2 unspecified atom stereocenters. The average molecular weight is 586 g/mol. The Balaban J connectivity index is 3.79. The summed E-state index contributed by atoms with van der Waals surface area (Å²) in [5.41, 5.74) is 5.55. The summed E-state index contributed by atoms with van der Waals surface area (Å²) in [5, 5.41) is 23.4. The predicted octanol–water partition coefficient (Wildman–Crippen LogP) is 5.17. The van der Waals surface area contributed by atoms with Gasteiger partial charge in [0.05, 0.1) is 12.7 Å². The van der Waals surface area contributed by atoms with Crippen LogP contribution >= 0.6 is 0 Å². The molecule has 0 radical (unpaired) electrons. The second-order valence-corrected chi connectivity index (χ2v) is 12.1. The van der Waals surface area contributed by atoms with E-state index in [2.05, 4.69) is 10.6 Å². The SMILES string of the molecule is CC(CNC(=O)CCC(NC(=O)CCCCCCCCCCCCCCCCC(=O)O)C(=O)O)OCC(C)(C)CN. The Bertz CT molecular complexity index is 731. The van der Waals surface area contributed by atoms with Gasteiger partial charge in [-0.2, -0.15) is 0 Å². The van der Waals surface area contributed by atoms with Gasteiger partial charge in [0.2, 0.25) is 11.8 Å². The molecule has 10 heteroatoms. The molecule has 0 aliphatic rings. The molecule has 2 amide bonds. The van der Waals surface area contributed by atoms with Gasteiger partial charge in [-0.25, -0.2) is 4.79 Å². The molecular weight excluding hydrogens is 526 g/mol. The van der Waals surface area contributed by atoms with Gasteiger partial charge in [0.25, 0.3) is 0 Å². The summed E-state index contributed by atoms with van der Waals surface area (Å²) >= 11 is 0. The van der Waals surface area contributed by atoms with Crippen LogP contribution in [0.4, 0.5) is 0 Å². The van der Waals surface area contributed by atoms with E-state index >= 15 is 0 Å². The van der Waals surface area contributed by atoms with Crippen molar-refractivity contribution in [3.05, 3.63) is 0 Å². The molecule has 0 saturated carbocycles. The number of hydrogen-bond donors (Lipinski definition) is 5. The highest BCUT2D eigenvalue weighted by atomic mass is 16.5. The lowest BCUT2D eigenvalue weighted by molar-refractivity contribution is -0.142. The summed E-state index contributed by atoms with van der Waals surface area (Å²) in [6.45, 7) is 7.16. The largest absolute Gasteiger partial charge is 0.481 e. The average Bonchev–Trinajstić information content (AvgIpc) is 2.92. The van der Waals surface area contributed by atoms with Gasteiger partial charge in [-0.3, -0.25) is 14.4 Å². The predicted molar refractivity (Wildman–Crippen MR) is 162 cm³/mol. The molecule has 41 heavy (non-hydrogen) atoms. The van der Waals surface area contributed by atoms with E-state index in [1.165, 1.54) is 44.9 Å². The van der Waals surface area contributed by atoms with Crippen LogP contribution in [0.3, 0.4) is 0 Å². The Morgan fingerprint density at radius 2 is 1.20 bits per heavy atom. The van der Waals surface area contributed by atoms with E-state index in [1.807, 2.05) is 20.8 Å². The number of amides is 2. The van der Waals surface area contributed by atoms with Crippen LogP contribution in [0, 0.1) is 5.41 Å². The molecule has 0 aromatic rings. The fourth-order valence-electron chi connectivity index (χ4n) is 4.31. The van der Waals surface area contributed by atoms with E-state index < -0.39 is 18.0 Å². The zero-order chi connectivity index (χ0) is 30.9. The van der Waals surface area contributed by atoms with Gasteiger partial charge in [-0.1, -0.05) is 90.9 Å². The van der Waals surface area contributed by atoms with Crippen LogP contribution in [0.5, 0.6) is 0 Å². The lowest BCUT2D eigenvalue weighted by Gasteiger charge is -2.24. The normalized spacial score (nSPS) is 13.0. The zero-order valence-corrected chi connectivity index (χ0v) is 26.0. The van der Waals surface area contributed by atoms with Crippen molar-refractivity contribution in [2.24, 2.45) is 11.1 Å². The summed E-state index contributed by atoms with van der Waals surface area (Å²) in [4.78, 5) is 46.4. The Morgan fingerprint density at radius 3 is 1.63 bits per heavy atom. The number of nitrogens with one attached hydrogen (secondary N) is 2. The minimum Gasteiger partial charge on any atom is -0.481 e. The number of rotatable bonds is 28. The van der Waals surface area contributed by atoms with Crippen molar-refractivity contribution < 1.29 is 34.1 Å². The number of unbranched alkanes of at least 4 members (excludes halogenated alkanes) is 13. The van der Waals surface area contributed by atoms with E-state index in [4.69, 9.17) is 15.6 Å². The number of nitrogens with two attached hydrogens (primary N) is 1. The van der Waals surface area contributed by atoms with Crippen LogP contribution in [-0.4, -0.2) is 65.8 Å². The Morgan fingerprint density at radius 1 is 0.732 bits per heavy atom. The quantitative estimate of drug-likeness (QED) is 0.0784. The molecule has 0 aromatic heterocycles. The summed E-state index contributed by atoms with van der Waals surface area (Å²) < 4.78 is 5.72. The molecule has 0 spiro atoms. The van der Waals surface area contributed by atoms with Gasteiger partial charge in [-0.05, 0) is 32.7 Å². The van der Waals surface area contributed by atoms with Crippen molar-refractivity contribution in [2.45, 2.75) is 148 Å². The number of carbonyl (C=O) groups is 4. The first-order valence-corrected chi connectivity index (χ1v) is 15.8. The minimum absolute atomic E-state index is 0.00680. The topological polar surface area (TPSA) is 168 Å². The number of carboxylic acid groups (broad SMARTS) is 2. The summed E-state index contributed by atoms with van der Waals surface area (Å²) in [5.74, 6) is -2.40. The van der Waals surface area contributed by atoms with Crippen LogP contribution in [0.25, 0.3) is 0 Å². The first-order valence-electron chi connectivity index (χ1n) is 15.8. The minimum atomic E-state index is -1.14. The monoisotopic (exact) mass is 585 g/mol. The number of ether oxygens (including phenoxy) is 1. The molecular formula is C31H59N3O7. The standard InChI is InChI=1S/C31H59N3O7/c1-25(41-24-31(2,3)23-32)22-33-27(35)21-20-26(30(39)40)34-28(36)18-16-14-12-10-8-6-4-5-7-9-11-13-15-17-19-29(37)38/h25-26H,4-24,32H2,1-3H3,(H,33,35)(H,34,36)(H,37,38)(H,39,40). The highest BCUT2D eigenvalue weighted by molar-refractivity contribution is 5.84. The van der Waals surface area contributed by atoms with Gasteiger partial charge in [-0.15, -0.1) is 0 Å². The van der Waals surface area contributed by atoms with Crippen molar-refractivity contribution in [2.75, 3.05) is 19.7 Å². The van der Waals surface area contributed by atoms with Crippen molar-refractivity contribution in [1.82, 2.24) is 10.6 Å². The third-order valence-corrected chi connectivity index (χ3v) is 7.24. The maximum Gasteiger partial charge on any atom is 0.326 e. The third kappa shape index (κ3) is 25.3. The smallest absolute Gasteiger partial charge is 0.326 e. The number of hydrogen-bond acceptors (Lipinski definition) is 6. The van der Waals surface area contributed by atoms with Crippen LogP contribution < -0.4 is 16.4 Å². The highest BCUT2D eigenvalue weighted by Gasteiger charge is 2.21. The van der Waals surface area contributed by atoms with E-state index in [1.54, 1.807) is 0 Å². The van der Waals surface area contributed by atoms with Gasteiger partial charge in [0, 0.05) is 31.2 Å². The van der Waals surface area contributed by atoms with Crippen LogP contribution in [0.15, 0.2) is 0 Å². The van der Waals surface area contributed by atoms with Crippen molar-refractivity contribution in [3.8, 4) is 0 Å². The molecule has 0 fully saturated rings. The van der Waals surface area contributed by atoms with Crippen LogP contribution in [0.2, 0.25) is 0 Å². The molecule has 0 heterocycles. The third-order valence-electron chi connectivity index (χ3n) is 7.24. The Hall–Kier alpha value is -2.20. The summed E-state index contributed by atoms with van der Waals surface area (Å²) in [7, 11) is 0. The van der Waals surface area contributed by atoms with Gasteiger partial charge >= 0.3 is 11.9 Å². The molecule has 2 atom stereocenters. The Labute approximate surface area is 247 Å². The van der Waals surface area contributed by atoms with E-state index in [0.717, 1.165) is 44.9 Å². The molecule has 240 valence electrons. The molecule has 0 bridgehead atoms. The maximum absolute atomic E-state index is 12.2. The highest BCUT2D eigenvalue weighted by Crippen LogP contribution is 2.15. The van der Waals surface area contributed by atoms with Gasteiger partial charge in [0.1, 0.15) is 6.04 Å². The van der Waals surface area contributed by atoms with Crippen LogP contribution in [-0.2, 0) is 23.9 Å². The zero-order valence-electron chi connectivity index (χ0n) is 26.0. The van der Waals surface area contributed by atoms with E-state index in [0.29, 0.717) is 26.1 Å². The second-order valence-electron chi connectivity index (χ2n) is 12.1. The van der Waals surface area contributed by atoms with E-state index in [-0.39, 0.29) is 42.6 Å². The second kappa shape index (κ2) is 24.4. The molecule has 0 aliphatic heterocycles. The molecule has 0 saturated heterocycles. The first-order chi connectivity index (χ1) is 19.5. The lowest BCUT2D eigenvalue weighted by Crippen LogP contribution is -2.42. The van der Waals surface area contributed by atoms with Gasteiger partial charge in [0.15, 0.2) is 0 Å². The maximum atomic E-state index is 12.2. The fourth-order valence-corrected chi connectivity index (χ4v) is 4.31. The first kappa shape index (κ1) is 38.8. The number of carbonyl (C=O) groups excluding carboxylic acids is 2. The molecule has 6 N–H and O–H groups in total. The van der Waals surface area contributed by atoms with Crippen molar-refractivity contribution >= 4 is 23.8 Å². The number of carboxylic acids is 2. The number of aliphatic carboxylic acids is 2.